The highest BCUT2D eigenvalue weighted by atomic mass is 32.1. The highest BCUT2D eigenvalue weighted by Gasteiger charge is 2.35. The average molecular weight is 310 g/mol. The second kappa shape index (κ2) is 5.57. The Morgan fingerprint density at radius 2 is 2.14 bits per heavy atom. The molecule has 1 aliphatic carbocycles. The van der Waals surface area contributed by atoms with E-state index in [0.29, 0.717) is 11.6 Å². The van der Waals surface area contributed by atoms with Crippen molar-refractivity contribution in [3.63, 3.8) is 0 Å². The summed E-state index contributed by atoms with van der Waals surface area (Å²) in [5.41, 5.74) is -0.0329. The fraction of sp³-hybridized carbons (Fsp3) is 0.733. The van der Waals surface area contributed by atoms with Crippen LogP contribution in [-0.2, 0) is 4.74 Å². The van der Waals surface area contributed by atoms with Gasteiger partial charge in [0.15, 0.2) is 10.8 Å². The molecule has 0 spiro atoms. The number of rotatable bonds is 4. The Hall–Kier alpha value is -1.14. The molecule has 0 unspecified atom stereocenters. The Morgan fingerprint density at radius 1 is 1.48 bits per heavy atom. The minimum Gasteiger partial charge on any atom is -0.464 e. The lowest BCUT2D eigenvalue weighted by Crippen LogP contribution is -2.44. The first kappa shape index (κ1) is 14.8. The Bertz CT molecular complexity index is 531. The number of aromatic nitrogens is 1. The maximum absolute atomic E-state index is 11.9. The molecule has 0 aromatic carbocycles. The van der Waals surface area contributed by atoms with Crippen LogP contribution >= 0.6 is 11.3 Å². The third-order valence-electron chi connectivity index (χ3n) is 4.59. The second-order valence-electron chi connectivity index (χ2n) is 6.04. The van der Waals surface area contributed by atoms with Crippen LogP contribution in [0.2, 0.25) is 0 Å². The number of thiazole rings is 1. The van der Waals surface area contributed by atoms with E-state index in [1.807, 2.05) is 6.92 Å². The predicted octanol–water partition coefficient (Wildman–Crippen LogP) is 2.55. The number of ether oxygens (including phenoxy) is 1. The van der Waals surface area contributed by atoms with Crippen molar-refractivity contribution in [1.82, 2.24) is 4.98 Å². The first-order valence-corrected chi connectivity index (χ1v) is 8.44. The van der Waals surface area contributed by atoms with Crippen LogP contribution in [0.15, 0.2) is 0 Å². The molecule has 2 aliphatic rings. The quantitative estimate of drug-likeness (QED) is 0.866. The molecule has 1 aromatic rings. The number of carbonyl (C=O) groups is 1. The smallest absolute Gasteiger partial charge is 0.357 e. The van der Waals surface area contributed by atoms with Gasteiger partial charge >= 0.3 is 5.97 Å². The van der Waals surface area contributed by atoms with Gasteiger partial charge < -0.3 is 14.7 Å². The van der Waals surface area contributed by atoms with Crippen LogP contribution < -0.4 is 4.90 Å². The van der Waals surface area contributed by atoms with E-state index in [1.165, 1.54) is 7.11 Å². The number of carbonyl (C=O) groups excluding carboxylic acids is 1. The van der Waals surface area contributed by atoms with Crippen LogP contribution in [-0.4, -0.2) is 41.9 Å². The number of methoxy groups -OCH3 is 1. The van der Waals surface area contributed by atoms with Gasteiger partial charge in [-0.15, -0.1) is 11.3 Å². The monoisotopic (exact) mass is 310 g/mol. The van der Waals surface area contributed by atoms with Gasteiger partial charge in [0.2, 0.25) is 0 Å². The van der Waals surface area contributed by atoms with Crippen LogP contribution in [0.1, 0.15) is 60.3 Å². The number of aliphatic hydroxyl groups is 1. The standard InChI is InChI=1S/C15H22N2O3S/c1-3-15(19)6-8-17(9-7-15)14-16-11(13(18)20-2)12(21-14)10-4-5-10/h10,19H,3-9H2,1-2H3. The van der Waals surface area contributed by atoms with Gasteiger partial charge in [0.25, 0.3) is 0 Å². The van der Waals surface area contributed by atoms with Crippen molar-refractivity contribution in [3.05, 3.63) is 10.6 Å². The Kier molecular flexibility index (Phi) is 3.92. The number of hydrogen-bond acceptors (Lipinski definition) is 6. The average Bonchev–Trinajstić information content (AvgIpc) is 3.26. The largest absolute Gasteiger partial charge is 0.464 e. The molecule has 0 radical (unpaired) electrons. The van der Waals surface area contributed by atoms with Crippen LogP contribution in [0.5, 0.6) is 0 Å². The SMILES string of the molecule is CCC1(O)CCN(c2nc(C(=O)OC)c(C3CC3)s2)CC1. The van der Waals surface area contributed by atoms with Gasteiger partial charge in [-0.1, -0.05) is 6.92 Å². The minimum absolute atomic E-state index is 0.332. The Labute approximate surface area is 128 Å². The molecule has 2 heterocycles. The molecule has 0 atom stereocenters. The Morgan fingerprint density at radius 3 is 2.67 bits per heavy atom. The molecule has 2 fully saturated rings. The van der Waals surface area contributed by atoms with E-state index < -0.39 is 5.60 Å². The molecule has 1 N–H and O–H groups in total. The van der Waals surface area contributed by atoms with Crippen LogP contribution in [0.4, 0.5) is 5.13 Å². The molecule has 1 aromatic heterocycles. The summed E-state index contributed by atoms with van der Waals surface area (Å²) >= 11 is 1.62. The normalized spacial score (nSPS) is 21.4. The summed E-state index contributed by atoms with van der Waals surface area (Å²) in [5.74, 6) is 0.157. The van der Waals surface area contributed by atoms with E-state index in [2.05, 4.69) is 9.88 Å². The van der Waals surface area contributed by atoms with Gasteiger partial charge in [-0.3, -0.25) is 0 Å². The fourth-order valence-electron chi connectivity index (χ4n) is 2.79. The summed E-state index contributed by atoms with van der Waals surface area (Å²) in [6, 6.07) is 0. The van der Waals surface area contributed by atoms with Crippen molar-refractivity contribution in [2.45, 2.75) is 50.5 Å². The molecule has 1 saturated carbocycles. The van der Waals surface area contributed by atoms with Gasteiger partial charge in [0, 0.05) is 18.0 Å². The van der Waals surface area contributed by atoms with Crippen LogP contribution in [0, 0.1) is 0 Å². The van der Waals surface area contributed by atoms with Crippen molar-refractivity contribution < 1.29 is 14.6 Å². The van der Waals surface area contributed by atoms with Gasteiger partial charge in [0.1, 0.15) is 0 Å². The zero-order chi connectivity index (χ0) is 15.0. The van der Waals surface area contributed by atoms with Crippen LogP contribution in [0.3, 0.4) is 0 Å². The number of piperidine rings is 1. The summed E-state index contributed by atoms with van der Waals surface area (Å²) in [7, 11) is 1.40. The molecule has 0 bridgehead atoms. The second-order valence-corrected chi connectivity index (χ2v) is 7.05. The van der Waals surface area contributed by atoms with Crippen molar-refractivity contribution in [1.29, 1.82) is 0 Å². The first-order valence-electron chi connectivity index (χ1n) is 7.62. The van der Waals surface area contributed by atoms with E-state index in [4.69, 9.17) is 4.74 Å². The number of hydrogen-bond donors (Lipinski definition) is 1. The van der Waals surface area contributed by atoms with Crippen molar-refractivity contribution in [3.8, 4) is 0 Å². The molecule has 5 nitrogen and oxygen atoms in total. The summed E-state index contributed by atoms with van der Waals surface area (Å²) in [6.45, 7) is 3.62. The third kappa shape index (κ3) is 2.92. The predicted molar refractivity (Wildman–Crippen MR) is 82.1 cm³/mol. The zero-order valence-electron chi connectivity index (χ0n) is 12.6. The molecule has 0 amide bonds. The lowest BCUT2D eigenvalue weighted by atomic mass is 9.89. The van der Waals surface area contributed by atoms with Crippen molar-refractivity contribution in [2.24, 2.45) is 0 Å². The summed E-state index contributed by atoms with van der Waals surface area (Å²) in [6.07, 6.45) is 4.59. The van der Waals surface area contributed by atoms with Gasteiger partial charge in [-0.2, -0.15) is 0 Å². The lowest BCUT2D eigenvalue weighted by molar-refractivity contribution is 0.0125. The summed E-state index contributed by atoms with van der Waals surface area (Å²) in [5, 5.41) is 11.2. The summed E-state index contributed by atoms with van der Waals surface area (Å²) < 4.78 is 4.85. The molecule has 3 rings (SSSR count). The maximum Gasteiger partial charge on any atom is 0.357 e. The Balaban J connectivity index is 1.79. The fourth-order valence-corrected chi connectivity index (χ4v) is 4.06. The van der Waals surface area contributed by atoms with Crippen molar-refractivity contribution in [2.75, 3.05) is 25.1 Å². The van der Waals surface area contributed by atoms with E-state index >= 15 is 0 Å². The topological polar surface area (TPSA) is 62.7 Å². The summed E-state index contributed by atoms with van der Waals surface area (Å²) in [4.78, 5) is 19.7. The first-order chi connectivity index (χ1) is 10.1. The van der Waals surface area contributed by atoms with E-state index in [-0.39, 0.29) is 5.97 Å². The molecule has 1 saturated heterocycles. The number of anilines is 1. The molecular formula is C15H22N2O3S. The van der Waals surface area contributed by atoms with E-state index in [0.717, 1.165) is 55.2 Å². The minimum atomic E-state index is -0.530. The number of esters is 1. The zero-order valence-corrected chi connectivity index (χ0v) is 13.4. The van der Waals surface area contributed by atoms with Crippen LogP contribution in [0.25, 0.3) is 0 Å². The molecule has 21 heavy (non-hydrogen) atoms. The van der Waals surface area contributed by atoms with E-state index in [1.54, 1.807) is 11.3 Å². The lowest BCUT2D eigenvalue weighted by Gasteiger charge is -2.37. The highest BCUT2D eigenvalue weighted by Crippen LogP contribution is 2.46. The van der Waals surface area contributed by atoms with Gasteiger partial charge in [-0.25, -0.2) is 9.78 Å². The van der Waals surface area contributed by atoms with Gasteiger partial charge in [-0.05, 0) is 38.0 Å². The highest BCUT2D eigenvalue weighted by molar-refractivity contribution is 7.16. The number of nitrogens with zero attached hydrogens (tertiary/aromatic N) is 2. The molecule has 1 aliphatic heterocycles. The van der Waals surface area contributed by atoms with E-state index in [9.17, 15) is 9.90 Å². The van der Waals surface area contributed by atoms with Crippen molar-refractivity contribution >= 4 is 22.4 Å². The van der Waals surface area contributed by atoms with Gasteiger partial charge in [0.05, 0.1) is 12.7 Å². The molecular weight excluding hydrogens is 288 g/mol. The molecule has 116 valence electrons. The molecule has 6 heteroatoms. The third-order valence-corrected chi connectivity index (χ3v) is 5.87. The maximum atomic E-state index is 11.9.